The Morgan fingerprint density at radius 3 is 2.72 bits per heavy atom. The van der Waals surface area contributed by atoms with Crippen LogP contribution in [0.5, 0.6) is 0 Å². The molecule has 4 aromatic heterocycles. The van der Waals surface area contributed by atoms with Gasteiger partial charge in [0.05, 0.1) is 11.2 Å². The molecule has 0 saturated carbocycles. The van der Waals surface area contributed by atoms with Gasteiger partial charge in [0.25, 0.3) is 5.56 Å². The van der Waals surface area contributed by atoms with Crippen LogP contribution in [0.3, 0.4) is 0 Å². The summed E-state index contributed by atoms with van der Waals surface area (Å²) >= 11 is 3.22. The van der Waals surface area contributed by atoms with Gasteiger partial charge in [0.15, 0.2) is 22.1 Å². The van der Waals surface area contributed by atoms with Gasteiger partial charge in [0, 0.05) is 32.9 Å². The summed E-state index contributed by atoms with van der Waals surface area (Å²) in [5, 5.41) is 11.5. The van der Waals surface area contributed by atoms with E-state index in [1.807, 2.05) is 17.5 Å². The van der Waals surface area contributed by atoms with E-state index in [0.717, 1.165) is 28.2 Å². The molecule has 0 aliphatic heterocycles. The molecule has 0 radical (unpaired) electrons. The van der Waals surface area contributed by atoms with Crippen molar-refractivity contribution < 1.29 is 0 Å². The molecule has 0 unspecified atom stereocenters. The van der Waals surface area contributed by atoms with Crippen molar-refractivity contribution >= 4 is 34.3 Å². The summed E-state index contributed by atoms with van der Waals surface area (Å²) in [5.41, 5.74) is 0.198. The molecule has 0 aliphatic rings. The van der Waals surface area contributed by atoms with E-state index in [4.69, 9.17) is 0 Å². The van der Waals surface area contributed by atoms with Crippen LogP contribution >= 0.6 is 23.1 Å². The van der Waals surface area contributed by atoms with Crippen molar-refractivity contribution in [1.82, 2.24) is 33.4 Å². The van der Waals surface area contributed by atoms with Gasteiger partial charge >= 0.3 is 5.69 Å². The van der Waals surface area contributed by atoms with Crippen LogP contribution in [-0.2, 0) is 27.2 Å². The van der Waals surface area contributed by atoms with E-state index >= 15 is 0 Å². The average molecular weight is 432 g/mol. The molecule has 0 aromatic carbocycles. The second-order valence-corrected chi connectivity index (χ2v) is 8.57. The van der Waals surface area contributed by atoms with Gasteiger partial charge in [0.1, 0.15) is 0 Å². The summed E-state index contributed by atoms with van der Waals surface area (Å²) in [5.74, 6) is 1.60. The van der Waals surface area contributed by atoms with E-state index in [2.05, 4.69) is 26.7 Å². The third-order valence-corrected chi connectivity index (χ3v) is 6.65. The van der Waals surface area contributed by atoms with Crippen molar-refractivity contribution in [3.05, 3.63) is 44.7 Å². The fraction of sp³-hybridized carbons (Fsp3) is 0.389. The zero-order chi connectivity index (χ0) is 20.5. The van der Waals surface area contributed by atoms with Crippen molar-refractivity contribution in [2.45, 2.75) is 31.6 Å². The van der Waals surface area contributed by atoms with Gasteiger partial charge in [-0.2, -0.15) is 0 Å². The molecule has 29 heavy (non-hydrogen) atoms. The molecule has 9 nitrogen and oxygen atoms in total. The standard InChI is InChI=1S/C18H21N7O2S2/c1-4-24-14(12-7-5-9-28-12)20-21-17(24)29-10-6-8-25-16(26)13-15(19-11-22(13)2)23(3)18(25)27/h5,7,9,11H,4,6,8,10H2,1-3H3. The quantitative estimate of drug-likeness (QED) is 0.328. The number of thiophene rings is 1. The molecule has 0 bridgehead atoms. The number of aromatic nitrogens is 7. The van der Waals surface area contributed by atoms with Crippen LogP contribution in [0.2, 0.25) is 0 Å². The van der Waals surface area contributed by atoms with Gasteiger partial charge in [-0.05, 0) is 24.8 Å². The molecule has 0 saturated heterocycles. The lowest BCUT2D eigenvalue weighted by atomic mass is 10.4. The maximum atomic E-state index is 12.7. The number of rotatable bonds is 7. The first-order valence-electron chi connectivity index (χ1n) is 9.23. The molecule has 0 spiro atoms. The molecule has 4 rings (SSSR count). The van der Waals surface area contributed by atoms with E-state index < -0.39 is 0 Å². The van der Waals surface area contributed by atoms with Crippen LogP contribution in [0.4, 0.5) is 0 Å². The molecule has 4 heterocycles. The molecular formula is C18H21N7O2S2. The highest BCUT2D eigenvalue weighted by molar-refractivity contribution is 7.99. The monoisotopic (exact) mass is 431 g/mol. The minimum atomic E-state index is -0.345. The molecule has 152 valence electrons. The maximum absolute atomic E-state index is 12.7. The Balaban J connectivity index is 1.49. The predicted octanol–water partition coefficient (Wildman–Crippen LogP) is 1.96. The molecule has 0 N–H and O–H groups in total. The fourth-order valence-electron chi connectivity index (χ4n) is 3.25. The van der Waals surface area contributed by atoms with E-state index in [1.165, 1.54) is 9.13 Å². The summed E-state index contributed by atoms with van der Waals surface area (Å²) in [6.07, 6.45) is 2.21. The zero-order valence-electron chi connectivity index (χ0n) is 16.4. The average Bonchev–Trinajstić information content (AvgIpc) is 3.44. The zero-order valence-corrected chi connectivity index (χ0v) is 18.0. The van der Waals surface area contributed by atoms with Crippen LogP contribution in [0.15, 0.2) is 38.6 Å². The molecule has 0 aliphatic carbocycles. The molecule has 0 atom stereocenters. The van der Waals surface area contributed by atoms with E-state index in [0.29, 0.717) is 24.1 Å². The largest absolute Gasteiger partial charge is 0.332 e. The number of hydrogen-bond donors (Lipinski definition) is 0. The second kappa shape index (κ2) is 7.99. The Labute approximate surface area is 174 Å². The topological polar surface area (TPSA) is 92.5 Å². The lowest BCUT2D eigenvalue weighted by Crippen LogP contribution is -2.39. The van der Waals surface area contributed by atoms with Crippen molar-refractivity contribution in [3.8, 4) is 10.7 Å². The lowest BCUT2D eigenvalue weighted by molar-refractivity contribution is 0.593. The first kappa shape index (κ1) is 19.6. The van der Waals surface area contributed by atoms with Crippen LogP contribution in [0, 0.1) is 0 Å². The predicted molar refractivity (Wildman–Crippen MR) is 115 cm³/mol. The first-order chi connectivity index (χ1) is 14.0. The maximum Gasteiger partial charge on any atom is 0.332 e. The highest BCUT2D eigenvalue weighted by Gasteiger charge is 2.16. The Hall–Kier alpha value is -2.66. The van der Waals surface area contributed by atoms with Crippen LogP contribution < -0.4 is 11.2 Å². The Kier molecular flexibility index (Phi) is 5.41. The van der Waals surface area contributed by atoms with Gasteiger partial charge in [-0.25, -0.2) is 9.78 Å². The van der Waals surface area contributed by atoms with Gasteiger partial charge in [-0.3, -0.25) is 13.9 Å². The minimum Gasteiger partial charge on any atom is -0.328 e. The first-order valence-corrected chi connectivity index (χ1v) is 11.1. The summed E-state index contributed by atoms with van der Waals surface area (Å²) in [4.78, 5) is 30.5. The molecular weight excluding hydrogens is 410 g/mol. The highest BCUT2D eigenvalue weighted by Crippen LogP contribution is 2.27. The van der Waals surface area contributed by atoms with Gasteiger partial charge in [-0.1, -0.05) is 17.8 Å². The normalized spacial score (nSPS) is 11.6. The molecule has 4 aromatic rings. The summed E-state index contributed by atoms with van der Waals surface area (Å²) < 4.78 is 6.44. The van der Waals surface area contributed by atoms with Crippen LogP contribution in [0.1, 0.15) is 13.3 Å². The number of aryl methyl sites for hydroxylation is 2. The lowest BCUT2D eigenvalue weighted by Gasteiger charge is -2.09. The number of hydrogen-bond acceptors (Lipinski definition) is 7. The van der Waals surface area contributed by atoms with Crippen molar-refractivity contribution in [2.75, 3.05) is 5.75 Å². The molecule has 0 fully saturated rings. The van der Waals surface area contributed by atoms with Crippen molar-refractivity contribution in [1.29, 1.82) is 0 Å². The smallest absolute Gasteiger partial charge is 0.328 e. The van der Waals surface area contributed by atoms with Crippen LogP contribution in [0.25, 0.3) is 21.9 Å². The SMILES string of the molecule is CCn1c(SCCCn2c(=O)c3c(ncn3C)n(C)c2=O)nnc1-c1cccs1. The highest BCUT2D eigenvalue weighted by atomic mass is 32.2. The summed E-state index contributed by atoms with van der Waals surface area (Å²) in [6, 6.07) is 4.03. The van der Waals surface area contributed by atoms with Gasteiger partial charge in [-0.15, -0.1) is 21.5 Å². The van der Waals surface area contributed by atoms with Gasteiger partial charge < -0.3 is 9.13 Å². The molecule has 0 amide bonds. The Morgan fingerprint density at radius 1 is 1.17 bits per heavy atom. The van der Waals surface area contributed by atoms with Crippen molar-refractivity contribution in [3.63, 3.8) is 0 Å². The Morgan fingerprint density at radius 2 is 2.00 bits per heavy atom. The number of fused-ring (bicyclic) bond motifs is 1. The number of nitrogens with zero attached hydrogens (tertiary/aromatic N) is 7. The van der Waals surface area contributed by atoms with E-state index in [-0.39, 0.29) is 11.2 Å². The summed E-state index contributed by atoms with van der Waals surface area (Å²) in [6.45, 7) is 3.19. The third kappa shape index (κ3) is 3.44. The summed E-state index contributed by atoms with van der Waals surface area (Å²) in [7, 11) is 3.39. The minimum absolute atomic E-state index is 0.301. The molecule has 11 heteroatoms. The number of imidazole rings is 1. The van der Waals surface area contributed by atoms with Crippen molar-refractivity contribution in [2.24, 2.45) is 14.1 Å². The fourth-order valence-corrected chi connectivity index (χ4v) is 4.89. The Bertz CT molecular complexity index is 1260. The van der Waals surface area contributed by atoms with Crippen LogP contribution in [-0.4, -0.2) is 39.2 Å². The van der Waals surface area contributed by atoms with Gasteiger partial charge in [0.2, 0.25) is 0 Å². The van der Waals surface area contributed by atoms with E-state index in [1.54, 1.807) is 48.1 Å². The third-order valence-electron chi connectivity index (χ3n) is 4.73. The second-order valence-electron chi connectivity index (χ2n) is 6.56. The number of thioether (sulfide) groups is 1. The van der Waals surface area contributed by atoms with E-state index in [9.17, 15) is 9.59 Å².